The van der Waals surface area contributed by atoms with Crippen LogP contribution in [0.5, 0.6) is 0 Å². The summed E-state index contributed by atoms with van der Waals surface area (Å²) in [5.74, 6) is -0.464. The van der Waals surface area contributed by atoms with Crippen LogP contribution in [0.2, 0.25) is 0 Å². The summed E-state index contributed by atoms with van der Waals surface area (Å²) in [6.45, 7) is 3.73. The Morgan fingerprint density at radius 1 is 1.10 bits per heavy atom. The summed E-state index contributed by atoms with van der Waals surface area (Å²) in [4.78, 5) is 27.9. The monoisotopic (exact) mass is 527 g/mol. The number of H-pyrrole nitrogens is 1. The quantitative estimate of drug-likeness (QED) is 0.336. The van der Waals surface area contributed by atoms with E-state index >= 15 is 0 Å². The molecule has 9 nitrogen and oxygen atoms in total. The maximum absolute atomic E-state index is 14.8. The molecule has 0 radical (unpaired) electrons. The first-order valence-electron chi connectivity index (χ1n) is 12.8. The number of benzene rings is 3. The fourth-order valence-corrected chi connectivity index (χ4v) is 4.90. The Bertz CT molecular complexity index is 1480. The molecule has 39 heavy (non-hydrogen) atoms. The molecule has 2 heterocycles. The van der Waals surface area contributed by atoms with E-state index in [1.165, 1.54) is 6.07 Å². The number of carbonyl (C=O) groups excluding carboxylic acids is 2. The molecule has 4 N–H and O–H groups in total. The molecule has 0 aliphatic carbocycles. The Labute approximate surface area is 225 Å². The number of nitrogens with two attached hydrogens (primary N) is 1. The average Bonchev–Trinajstić information content (AvgIpc) is 3.40. The number of carbonyl (C=O) groups is 2. The molecule has 5 rings (SSSR count). The largest absolute Gasteiger partial charge is 0.344 e. The van der Waals surface area contributed by atoms with E-state index in [9.17, 15) is 14.0 Å². The number of nitrogens with one attached hydrogen (secondary N) is 2. The third kappa shape index (κ3) is 5.85. The number of hydrogen-bond acceptors (Lipinski definition) is 6. The lowest BCUT2D eigenvalue weighted by Crippen LogP contribution is -2.49. The molecule has 1 atom stereocenters. The van der Waals surface area contributed by atoms with Crippen LogP contribution in [-0.2, 0) is 22.6 Å². The van der Waals surface area contributed by atoms with Gasteiger partial charge in [-0.05, 0) is 60.7 Å². The van der Waals surface area contributed by atoms with Gasteiger partial charge in [-0.2, -0.15) is 5.21 Å². The minimum absolute atomic E-state index is 0.0743. The first kappa shape index (κ1) is 26.2. The van der Waals surface area contributed by atoms with Crippen molar-refractivity contribution in [3.05, 3.63) is 83.7 Å². The van der Waals surface area contributed by atoms with Gasteiger partial charge in [0.05, 0.1) is 12.2 Å². The van der Waals surface area contributed by atoms with Crippen molar-refractivity contribution in [3.63, 3.8) is 0 Å². The average molecular weight is 528 g/mol. The zero-order valence-electron chi connectivity index (χ0n) is 21.8. The lowest BCUT2D eigenvalue weighted by molar-refractivity contribution is -0.128. The summed E-state index contributed by atoms with van der Waals surface area (Å²) in [6, 6.07) is 19.5. The smallest absolute Gasteiger partial charge is 0.249 e. The summed E-state index contributed by atoms with van der Waals surface area (Å²) in [5.41, 5.74) is 9.85. The summed E-state index contributed by atoms with van der Waals surface area (Å²) < 4.78 is 14.8. The Balaban J connectivity index is 1.42. The fourth-order valence-electron chi connectivity index (χ4n) is 4.90. The van der Waals surface area contributed by atoms with E-state index in [2.05, 4.69) is 25.9 Å². The van der Waals surface area contributed by atoms with Crippen LogP contribution in [0.1, 0.15) is 37.8 Å². The third-order valence-corrected chi connectivity index (χ3v) is 6.70. The number of aromatic nitrogens is 4. The second-order valence-corrected chi connectivity index (χ2v) is 10.5. The van der Waals surface area contributed by atoms with E-state index < -0.39 is 11.6 Å². The minimum Gasteiger partial charge on any atom is -0.344 e. The van der Waals surface area contributed by atoms with E-state index in [1.54, 1.807) is 30.9 Å². The van der Waals surface area contributed by atoms with Gasteiger partial charge in [0, 0.05) is 23.1 Å². The molecule has 1 unspecified atom stereocenters. The van der Waals surface area contributed by atoms with Crippen LogP contribution in [0.25, 0.3) is 22.5 Å². The predicted molar refractivity (Wildman–Crippen MR) is 146 cm³/mol. The second-order valence-electron chi connectivity index (χ2n) is 10.5. The molecule has 1 aromatic heterocycles. The first-order chi connectivity index (χ1) is 18.7. The van der Waals surface area contributed by atoms with Crippen molar-refractivity contribution in [2.45, 2.75) is 51.2 Å². The molecule has 1 aliphatic heterocycles. The van der Waals surface area contributed by atoms with Crippen LogP contribution in [0, 0.1) is 5.82 Å². The molecule has 1 aliphatic rings. The van der Waals surface area contributed by atoms with Crippen LogP contribution in [0.15, 0.2) is 66.7 Å². The number of rotatable bonds is 7. The molecule has 10 heteroatoms. The lowest BCUT2D eigenvalue weighted by Gasteiger charge is -2.27. The van der Waals surface area contributed by atoms with Crippen LogP contribution in [0.4, 0.5) is 10.1 Å². The van der Waals surface area contributed by atoms with Crippen molar-refractivity contribution >= 4 is 17.5 Å². The number of fused-ring (bicyclic) bond motifs is 1. The van der Waals surface area contributed by atoms with Crippen molar-refractivity contribution in [2.75, 3.05) is 4.90 Å². The molecule has 0 saturated carbocycles. The Kier molecular flexibility index (Phi) is 7.21. The van der Waals surface area contributed by atoms with E-state index in [4.69, 9.17) is 5.73 Å². The summed E-state index contributed by atoms with van der Waals surface area (Å²) >= 11 is 0. The van der Waals surface area contributed by atoms with Gasteiger partial charge in [-0.3, -0.25) is 9.59 Å². The van der Waals surface area contributed by atoms with Gasteiger partial charge in [0.25, 0.3) is 0 Å². The maximum Gasteiger partial charge on any atom is 0.249 e. The highest BCUT2D eigenvalue weighted by molar-refractivity contribution is 6.00. The van der Waals surface area contributed by atoms with Crippen molar-refractivity contribution < 1.29 is 14.0 Å². The molecule has 0 bridgehead atoms. The summed E-state index contributed by atoms with van der Waals surface area (Å²) in [5, 5.41) is 17.2. The first-order valence-corrected chi connectivity index (χ1v) is 12.8. The van der Waals surface area contributed by atoms with Gasteiger partial charge in [0.2, 0.25) is 17.6 Å². The normalized spacial score (nSPS) is 15.5. The van der Waals surface area contributed by atoms with Gasteiger partial charge in [0.15, 0.2) is 0 Å². The standard InChI is InChI=1S/C29H30FN7O2/c1-29(2,31)16-26(38)32-24-15-14-22-23(30)8-5-9-25(22)37(28(24)39)17-18-10-12-19(13-11-18)20-6-3-4-7-21(20)27-33-35-36-34-27/h3-13,24H,14-17,31H2,1-2H3,(H,32,38)(H,33,34,35,36). The van der Waals surface area contributed by atoms with E-state index in [1.807, 2.05) is 48.5 Å². The lowest BCUT2D eigenvalue weighted by atomic mass is 9.98. The molecule has 2 amide bonds. The molecular formula is C29H30FN7O2. The zero-order valence-corrected chi connectivity index (χ0v) is 21.8. The Morgan fingerprint density at radius 3 is 2.54 bits per heavy atom. The molecule has 0 saturated heterocycles. The van der Waals surface area contributed by atoms with Crippen molar-refractivity contribution in [1.29, 1.82) is 0 Å². The van der Waals surface area contributed by atoms with Gasteiger partial charge < -0.3 is 16.0 Å². The number of nitrogens with zero attached hydrogens (tertiary/aromatic N) is 4. The second kappa shape index (κ2) is 10.7. The van der Waals surface area contributed by atoms with Crippen LogP contribution >= 0.6 is 0 Å². The molecule has 3 aromatic carbocycles. The number of aromatic amines is 1. The van der Waals surface area contributed by atoms with Crippen molar-refractivity contribution in [2.24, 2.45) is 5.73 Å². The minimum atomic E-state index is -0.784. The van der Waals surface area contributed by atoms with Gasteiger partial charge >= 0.3 is 0 Å². The zero-order chi connectivity index (χ0) is 27.6. The van der Waals surface area contributed by atoms with Gasteiger partial charge in [0.1, 0.15) is 11.9 Å². The summed E-state index contributed by atoms with van der Waals surface area (Å²) in [7, 11) is 0. The number of hydrogen-bond donors (Lipinski definition) is 3. The number of halogens is 1. The third-order valence-electron chi connectivity index (χ3n) is 6.70. The van der Waals surface area contributed by atoms with E-state index in [0.717, 1.165) is 22.3 Å². The van der Waals surface area contributed by atoms with Gasteiger partial charge in [-0.1, -0.05) is 54.6 Å². The number of anilines is 1. The molecule has 200 valence electrons. The Hall–Kier alpha value is -4.44. The van der Waals surface area contributed by atoms with Gasteiger partial charge in [-0.25, -0.2) is 4.39 Å². The fraction of sp³-hybridized carbons (Fsp3) is 0.276. The van der Waals surface area contributed by atoms with Gasteiger partial charge in [-0.15, -0.1) is 10.2 Å². The molecule has 0 spiro atoms. The molecule has 4 aromatic rings. The highest BCUT2D eigenvalue weighted by Crippen LogP contribution is 2.32. The maximum atomic E-state index is 14.8. The topological polar surface area (TPSA) is 130 Å². The SMILES string of the molecule is CC(C)(N)CC(=O)NC1CCc2c(F)cccc2N(Cc2ccc(-c3ccccc3-c3nn[nH]n3)cc2)C1=O. The Morgan fingerprint density at radius 2 is 1.85 bits per heavy atom. The predicted octanol–water partition coefficient (Wildman–Crippen LogP) is 3.76. The molecule has 0 fully saturated rings. The number of tetrazole rings is 1. The highest BCUT2D eigenvalue weighted by Gasteiger charge is 2.33. The van der Waals surface area contributed by atoms with E-state index in [0.29, 0.717) is 29.9 Å². The van der Waals surface area contributed by atoms with Crippen LogP contribution in [-0.4, -0.2) is 44.0 Å². The van der Waals surface area contributed by atoms with Crippen LogP contribution in [0.3, 0.4) is 0 Å². The van der Waals surface area contributed by atoms with Crippen molar-refractivity contribution in [1.82, 2.24) is 25.9 Å². The highest BCUT2D eigenvalue weighted by atomic mass is 19.1. The molecular weight excluding hydrogens is 497 g/mol. The number of amides is 2. The summed E-state index contributed by atoms with van der Waals surface area (Å²) in [6.07, 6.45) is 0.698. The van der Waals surface area contributed by atoms with Crippen molar-refractivity contribution in [3.8, 4) is 22.5 Å². The van der Waals surface area contributed by atoms with Crippen LogP contribution < -0.4 is 16.0 Å². The van der Waals surface area contributed by atoms with E-state index in [-0.39, 0.29) is 30.6 Å².